The van der Waals surface area contributed by atoms with Crippen molar-refractivity contribution in [3.63, 3.8) is 0 Å². The number of fused-ring (bicyclic) bond motifs is 2. The highest BCUT2D eigenvalue weighted by atomic mass is 15.2. The molecule has 0 unspecified atom stereocenters. The van der Waals surface area contributed by atoms with Crippen LogP contribution in [-0.4, -0.2) is 75.9 Å². The number of allylic oxidation sites excluding steroid dienone is 3. The SMILES string of the molecule is C=C/C(=C\C(=C/C)c1ccc2[nH]nc(-c3nc4c(N5CCNCC5)cncc4[nH]3)c2c1)CN1CCC1. The van der Waals surface area contributed by atoms with Gasteiger partial charge in [-0.25, -0.2) is 4.98 Å². The van der Waals surface area contributed by atoms with Crippen molar-refractivity contribution >= 4 is 33.2 Å². The van der Waals surface area contributed by atoms with Gasteiger partial charge in [-0.1, -0.05) is 30.9 Å². The summed E-state index contributed by atoms with van der Waals surface area (Å²) >= 11 is 0. The van der Waals surface area contributed by atoms with Crippen molar-refractivity contribution in [3.05, 3.63) is 66.5 Å². The van der Waals surface area contributed by atoms with Gasteiger partial charge < -0.3 is 15.2 Å². The summed E-state index contributed by atoms with van der Waals surface area (Å²) in [5.74, 6) is 0.750. The average Bonchev–Trinajstić information content (AvgIpc) is 3.52. The summed E-state index contributed by atoms with van der Waals surface area (Å²) in [6, 6.07) is 6.44. The number of likely N-dealkylation sites (tertiary alicyclic amines) is 1. The predicted octanol–water partition coefficient (Wildman–Crippen LogP) is 4.13. The van der Waals surface area contributed by atoms with Crippen LogP contribution in [0.1, 0.15) is 18.9 Å². The Morgan fingerprint density at radius 3 is 2.72 bits per heavy atom. The number of rotatable bonds is 7. The Kier molecular flexibility index (Phi) is 6.13. The van der Waals surface area contributed by atoms with Crippen LogP contribution >= 0.6 is 0 Å². The average molecular weight is 481 g/mol. The highest BCUT2D eigenvalue weighted by molar-refractivity contribution is 5.97. The number of hydrogen-bond acceptors (Lipinski definition) is 6. The molecule has 0 amide bonds. The van der Waals surface area contributed by atoms with Gasteiger partial charge in [0.15, 0.2) is 5.82 Å². The molecule has 36 heavy (non-hydrogen) atoms. The summed E-state index contributed by atoms with van der Waals surface area (Å²) in [7, 11) is 0. The van der Waals surface area contributed by atoms with Gasteiger partial charge in [0.1, 0.15) is 11.2 Å². The van der Waals surface area contributed by atoms with Crippen LogP contribution in [0.5, 0.6) is 0 Å². The molecule has 0 radical (unpaired) electrons. The smallest absolute Gasteiger partial charge is 0.159 e. The molecule has 2 aliphatic heterocycles. The summed E-state index contributed by atoms with van der Waals surface area (Å²) in [6.45, 7) is 13.2. The predicted molar refractivity (Wildman–Crippen MR) is 147 cm³/mol. The number of benzene rings is 1. The molecule has 0 atom stereocenters. The molecular weight excluding hydrogens is 448 g/mol. The second-order valence-corrected chi connectivity index (χ2v) is 9.51. The first-order chi connectivity index (χ1) is 17.7. The Bertz CT molecular complexity index is 1460. The van der Waals surface area contributed by atoms with E-state index in [2.05, 4.69) is 79.1 Å². The van der Waals surface area contributed by atoms with Crippen LogP contribution in [0.3, 0.4) is 0 Å². The molecule has 8 heteroatoms. The van der Waals surface area contributed by atoms with E-state index in [0.29, 0.717) is 0 Å². The molecule has 2 aliphatic rings. The molecule has 1 aromatic carbocycles. The minimum Gasteiger partial charge on any atom is -0.366 e. The molecule has 0 bridgehead atoms. The fourth-order valence-corrected chi connectivity index (χ4v) is 5.04. The maximum absolute atomic E-state index is 5.00. The van der Waals surface area contributed by atoms with E-state index in [-0.39, 0.29) is 0 Å². The fourth-order valence-electron chi connectivity index (χ4n) is 5.04. The summed E-state index contributed by atoms with van der Waals surface area (Å²) < 4.78 is 0. The van der Waals surface area contributed by atoms with Gasteiger partial charge in [-0.2, -0.15) is 5.10 Å². The number of hydrogen-bond donors (Lipinski definition) is 3. The van der Waals surface area contributed by atoms with E-state index in [1.165, 1.54) is 30.7 Å². The van der Waals surface area contributed by atoms with Crippen LogP contribution in [0.4, 0.5) is 5.69 Å². The van der Waals surface area contributed by atoms with Crippen molar-refractivity contribution in [2.45, 2.75) is 13.3 Å². The molecule has 3 aromatic heterocycles. The first-order valence-electron chi connectivity index (χ1n) is 12.7. The Labute approximate surface area is 210 Å². The maximum Gasteiger partial charge on any atom is 0.159 e. The normalized spacial score (nSPS) is 17.6. The molecule has 2 fully saturated rings. The number of nitrogens with one attached hydrogen (secondary N) is 3. The lowest BCUT2D eigenvalue weighted by Crippen LogP contribution is -2.43. The molecule has 2 saturated heterocycles. The molecule has 0 saturated carbocycles. The number of pyridine rings is 1. The number of imidazole rings is 1. The highest BCUT2D eigenvalue weighted by Gasteiger charge is 2.19. The van der Waals surface area contributed by atoms with Crippen LogP contribution in [0.2, 0.25) is 0 Å². The van der Waals surface area contributed by atoms with E-state index in [4.69, 9.17) is 4.98 Å². The number of aromatic amines is 2. The lowest BCUT2D eigenvalue weighted by molar-refractivity contribution is 0.200. The third kappa shape index (κ3) is 4.23. The zero-order valence-corrected chi connectivity index (χ0v) is 20.7. The van der Waals surface area contributed by atoms with E-state index in [0.717, 1.165) is 77.4 Å². The number of H-pyrrole nitrogens is 2. The zero-order chi connectivity index (χ0) is 24.5. The molecular formula is C28H32N8. The third-order valence-corrected chi connectivity index (χ3v) is 7.22. The Morgan fingerprint density at radius 1 is 1.11 bits per heavy atom. The summed E-state index contributed by atoms with van der Waals surface area (Å²) in [5, 5.41) is 12.3. The monoisotopic (exact) mass is 480 g/mol. The van der Waals surface area contributed by atoms with Gasteiger partial charge >= 0.3 is 0 Å². The first-order valence-corrected chi connectivity index (χ1v) is 12.7. The van der Waals surface area contributed by atoms with E-state index < -0.39 is 0 Å². The first kappa shape index (κ1) is 22.7. The van der Waals surface area contributed by atoms with Gasteiger partial charge in [-0.15, -0.1) is 0 Å². The van der Waals surface area contributed by atoms with Crippen molar-refractivity contribution in [1.29, 1.82) is 0 Å². The lowest BCUT2D eigenvalue weighted by atomic mass is 9.99. The molecule has 4 aromatic rings. The minimum atomic E-state index is 0.750. The zero-order valence-electron chi connectivity index (χ0n) is 20.7. The van der Waals surface area contributed by atoms with Crippen LogP contribution < -0.4 is 10.2 Å². The fraction of sp³-hybridized carbons (Fsp3) is 0.321. The molecule has 0 aliphatic carbocycles. The maximum atomic E-state index is 5.00. The number of piperazine rings is 1. The molecule has 8 nitrogen and oxygen atoms in total. The van der Waals surface area contributed by atoms with E-state index >= 15 is 0 Å². The molecule has 6 rings (SSSR count). The number of aromatic nitrogens is 5. The van der Waals surface area contributed by atoms with Gasteiger partial charge in [-0.05, 0) is 55.3 Å². The van der Waals surface area contributed by atoms with E-state index in [1.54, 1.807) is 0 Å². The molecule has 5 heterocycles. The minimum absolute atomic E-state index is 0.750. The van der Waals surface area contributed by atoms with Crippen LogP contribution in [0, 0.1) is 0 Å². The van der Waals surface area contributed by atoms with Crippen LogP contribution in [-0.2, 0) is 0 Å². The van der Waals surface area contributed by atoms with Crippen molar-refractivity contribution in [1.82, 2.24) is 35.4 Å². The van der Waals surface area contributed by atoms with Crippen LogP contribution in [0.15, 0.2) is 61.0 Å². The van der Waals surface area contributed by atoms with Gasteiger partial charge in [-0.3, -0.25) is 15.0 Å². The molecule has 184 valence electrons. The molecule has 0 spiro atoms. The van der Waals surface area contributed by atoms with E-state index in [1.807, 2.05) is 18.5 Å². The Balaban J connectivity index is 1.36. The van der Waals surface area contributed by atoms with Gasteiger partial charge in [0.05, 0.1) is 29.1 Å². The molecule has 3 N–H and O–H groups in total. The summed E-state index contributed by atoms with van der Waals surface area (Å²) in [6.07, 6.45) is 11.4. The number of anilines is 1. The largest absolute Gasteiger partial charge is 0.366 e. The highest BCUT2D eigenvalue weighted by Crippen LogP contribution is 2.32. The van der Waals surface area contributed by atoms with Gasteiger partial charge in [0, 0.05) is 38.1 Å². The summed E-state index contributed by atoms with van der Waals surface area (Å²) in [5.41, 5.74) is 8.29. The summed E-state index contributed by atoms with van der Waals surface area (Å²) in [4.78, 5) is 17.7. The third-order valence-electron chi connectivity index (χ3n) is 7.22. The van der Waals surface area contributed by atoms with Crippen molar-refractivity contribution in [2.24, 2.45) is 0 Å². The topological polar surface area (TPSA) is 88.8 Å². The number of nitrogens with zero attached hydrogens (tertiary/aromatic N) is 5. The van der Waals surface area contributed by atoms with Crippen molar-refractivity contribution < 1.29 is 0 Å². The second kappa shape index (κ2) is 9.72. The van der Waals surface area contributed by atoms with Gasteiger partial charge in [0.25, 0.3) is 0 Å². The van der Waals surface area contributed by atoms with E-state index in [9.17, 15) is 0 Å². The Morgan fingerprint density at radius 2 is 1.97 bits per heavy atom. The quantitative estimate of drug-likeness (QED) is 0.345. The second-order valence-electron chi connectivity index (χ2n) is 9.51. The standard InChI is InChI=1S/C28H32N8/c1-3-19(18-35-10-5-11-35)14-20(4-2)21-6-7-23-22(15-21)26(34-33-23)28-31-24-16-30-17-25(27(24)32-28)36-12-8-29-9-13-36/h3-4,6-7,14-17,29H,1,5,8-13,18H2,2H3,(H,31,32)(H,33,34)/b19-14+,20-4+. The van der Waals surface area contributed by atoms with Crippen molar-refractivity contribution in [2.75, 3.05) is 50.7 Å². The van der Waals surface area contributed by atoms with Crippen LogP contribution in [0.25, 0.3) is 39.0 Å². The lowest BCUT2D eigenvalue weighted by Gasteiger charge is -2.31. The van der Waals surface area contributed by atoms with Gasteiger partial charge in [0.2, 0.25) is 0 Å². The Hall–Kier alpha value is -3.75. The van der Waals surface area contributed by atoms with Crippen molar-refractivity contribution in [3.8, 4) is 11.5 Å².